The number of nitrogens with one attached hydrogen (secondary N) is 2. The maximum atomic E-state index is 11.4. The topological polar surface area (TPSA) is 165 Å². The Hall–Kier alpha value is -1.56. The lowest BCUT2D eigenvalue weighted by atomic mass is 9.99. The highest BCUT2D eigenvalue weighted by Gasteiger charge is 2.44. The number of aliphatic hydroxyl groups is 4. The van der Waals surface area contributed by atoms with Gasteiger partial charge in [0.1, 0.15) is 24.4 Å². The molecule has 5 atom stereocenters. The van der Waals surface area contributed by atoms with E-state index in [0.29, 0.717) is 0 Å². The minimum absolute atomic E-state index is 0.0755. The molecule has 1 unspecified atom stereocenters. The van der Waals surface area contributed by atoms with Crippen molar-refractivity contribution in [2.45, 2.75) is 37.3 Å². The molecule has 10 heteroatoms. The fourth-order valence-corrected chi connectivity index (χ4v) is 1.92. The lowest BCUT2D eigenvalue weighted by molar-refractivity contribution is -0.304. The fourth-order valence-electron chi connectivity index (χ4n) is 1.92. The molecule has 0 aliphatic carbocycles. The van der Waals surface area contributed by atoms with Crippen LogP contribution in [0.25, 0.3) is 0 Å². The summed E-state index contributed by atoms with van der Waals surface area (Å²) in [4.78, 5) is 26.5. The first-order valence-corrected chi connectivity index (χ1v) is 6.17. The average Bonchev–Trinajstić information content (AvgIpc) is 2.46. The Morgan fingerprint density at radius 1 is 1.19 bits per heavy atom. The van der Waals surface area contributed by atoms with Gasteiger partial charge in [-0.1, -0.05) is 0 Å². The minimum atomic E-state index is -1.56. The van der Waals surface area contributed by atoms with E-state index in [1.54, 1.807) is 0 Å². The largest absolute Gasteiger partial charge is 0.394 e. The monoisotopic (exact) mass is 304 g/mol. The van der Waals surface area contributed by atoms with Crippen molar-refractivity contribution >= 4 is 0 Å². The molecule has 0 spiro atoms. The Balaban J connectivity index is 2.05. The molecule has 21 heavy (non-hydrogen) atoms. The number of hydrogen-bond acceptors (Lipinski definition) is 8. The van der Waals surface area contributed by atoms with Crippen molar-refractivity contribution in [1.29, 1.82) is 0 Å². The van der Waals surface area contributed by atoms with Crippen molar-refractivity contribution in [2.24, 2.45) is 0 Å². The smallest absolute Gasteiger partial charge is 0.325 e. The molecule has 0 aromatic carbocycles. The molecule has 0 bridgehead atoms. The zero-order valence-corrected chi connectivity index (χ0v) is 10.8. The Morgan fingerprint density at radius 2 is 1.90 bits per heavy atom. The molecule has 6 N–H and O–H groups in total. The molecule has 2 heterocycles. The van der Waals surface area contributed by atoms with E-state index in [2.05, 4.69) is 4.98 Å². The van der Waals surface area contributed by atoms with Crippen LogP contribution < -0.4 is 11.2 Å². The summed E-state index contributed by atoms with van der Waals surface area (Å²) < 4.78 is 10.3. The quantitative estimate of drug-likeness (QED) is 0.332. The molecule has 1 aromatic rings. The first-order valence-electron chi connectivity index (χ1n) is 6.17. The number of ether oxygens (including phenoxy) is 2. The van der Waals surface area contributed by atoms with Gasteiger partial charge in [-0.25, -0.2) is 4.79 Å². The molecule has 1 aliphatic heterocycles. The SMILES string of the molecule is O=c1[nH]cc(COC2O[C@H](CO)[C@@H](O)[C@H](O)[C@H]2O)c(=O)[nH]1. The van der Waals surface area contributed by atoms with E-state index >= 15 is 0 Å². The van der Waals surface area contributed by atoms with Gasteiger partial charge < -0.3 is 34.9 Å². The number of aromatic amines is 2. The van der Waals surface area contributed by atoms with E-state index in [9.17, 15) is 24.9 Å². The summed E-state index contributed by atoms with van der Waals surface area (Å²) in [6.45, 7) is -0.890. The number of hydrogen-bond donors (Lipinski definition) is 6. The van der Waals surface area contributed by atoms with Crippen LogP contribution in [0.3, 0.4) is 0 Å². The summed E-state index contributed by atoms with van der Waals surface area (Å²) in [6, 6.07) is 0. The fraction of sp³-hybridized carbons (Fsp3) is 0.636. The predicted molar refractivity (Wildman–Crippen MR) is 66.2 cm³/mol. The summed E-state index contributed by atoms with van der Waals surface area (Å²) in [7, 11) is 0. The number of aromatic nitrogens is 2. The highest BCUT2D eigenvalue weighted by atomic mass is 16.7. The molecule has 2 rings (SSSR count). The van der Waals surface area contributed by atoms with Gasteiger partial charge in [0.15, 0.2) is 6.29 Å². The highest BCUT2D eigenvalue weighted by Crippen LogP contribution is 2.22. The summed E-state index contributed by atoms with van der Waals surface area (Å²) in [5.41, 5.74) is -1.26. The molecule has 1 fully saturated rings. The molecule has 1 aliphatic rings. The van der Waals surface area contributed by atoms with Crippen LogP contribution >= 0.6 is 0 Å². The number of rotatable bonds is 4. The molecule has 1 aromatic heterocycles. The van der Waals surface area contributed by atoms with Gasteiger partial charge in [-0.2, -0.15) is 0 Å². The standard InChI is InChI=1S/C11H16N2O8/c14-2-5-6(15)7(16)8(17)10(21-5)20-3-4-1-12-11(19)13-9(4)18/h1,5-8,10,14-17H,2-3H2,(H2,12,13,18,19)/t5-,6-,7+,8-,10?/m1/s1. The van der Waals surface area contributed by atoms with Crippen molar-refractivity contribution in [3.8, 4) is 0 Å². The molecule has 118 valence electrons. The van der Waals surface area contributed by atoms with Crippen LogP contribution in [0.5, 0.6) is 0 Å². The Morgan fingerprint density at radius 3 is 2.52 bits per heavy atom. The van der Waals surface area contributed by atoms with Crippen LogP contribution in [-0.4, -0.2) is 67.7 Å². The average molecular weight is 304 g/mol. The van der Waals surface area contributed by atoms with Crippen LogP contribution in [0.2, 0.25) is 0 Å². The van der Waals surface area contributed by atoms with Gasteiger partial charge in [0, 0.05) is 6.20 Å². The zero-order chi connectivity index (χ0) is 15.6. The molecule has 1 saturated heterocycles. The summed E-state index contributed by atoms with van der Waals surface area (Å²) in [5.74, 6) is 0. The minimum Gasteiger partial charge on any atom is -0.394 e. The highest BCUT2D eigenvalue weighted by molar-refractivity contribution is 5.01. The molecule has 0 radical (unpaired) electrons. The van der Waals surface area contributed by atoms with E-state index in [4.69, 9.17) is 14.6 Å². The number of aliphatic hydroxyl groups excluding tert-OH is 4. The first-order chi connectivity index (χ1) is 9.93. The summed E-state index contributed by atoms with van der Waals surface area (Å²) >= 11 is 0. The Bertz CT molecular complexity index is 582. The van der Waals surface area contributed by atoms with Crippen molar-refractivity contribution in [3.05, 3.63) is 32.6 Å². The summed E-state index contributed by atoms with van der Waals surface area (Å²) in [6.07, 6.45) is -5.89. The van der Waals surface area contributed by atoms with Crippen LogP contribution in [0.4, 0.5) is 0 Å². The van der Waals surface area contributed by atoms with Crippen molar-refractivity contribution in [1.82, 2.24) is 9.97 Å². The van der Waals surface area contributed by atoms with Crippen LogP contribution in [0.1, 0.15) is 5.56 Å². The Labute approximate surface area is 117 Å². The lowest BCUT2D eigenvalue weighted by Gasteiger charge is -2.39. The van der Waals surface area contributed by atoms with Crippen molar-refractivity contribution in [2.75, 3.05) is 6.61 Å². The van der Waals surface area contributed by atoms with E-state index in [0.717, 1.165) is 6.20 Å². The van der Waals surface area contributed by atoms with Gasteiger partial charge in [0.05, 0.1) is 18.8 Å². The van der Waals surface area contributed by atoms with Gasteiger partial charge in [-0.05, 0) is 0 Å². The van der Waals surface area contributed by atoms with Gasteiger partial charge >= 0.3 is 5.69 Å². The first kappa shape index (κ1) is 15.8. The third-order valence-corrected chi connectivity index (χ3v) is 3.15. The van der Waals surface area contributed by atoms with E-state index in [-0.39, 0.29) is 12.2 Å². The van der Waals surface area contributed by atoms with Gasteiger partial charge in [-0.3, -0.25) is 9.78 Å². The maximum Gasteiger partial charge on any atom is 0.325 e. The Kier molecular flexibility index (Phi) is 4.88. The van der Waals surface area contributed by atoms with Crippen molar-refractivity contribution in [3.63, 3.8) is 0 Å². The van der Waals surface area contributed by atoms with E-state index in [1.165, 1.54) is 0 Å². The van der Waals surface area contributed by atoms with Crippen LogP contribution in [0, 0.1) is 0 Å². The normalized spacial score (nSPS) is 33.0. The maximum absolute atomic E-state index is 11.4. The third kappa shape index (κ3) is 3.37. The molecule has 0 amide bonds. The second-order valence-electron chi connectivity index (χ2n) is 4.61. The molecule has 0 saturated carbocycles. The van der Waals surface area contributed by atoms with E-state index in [1.807, 2.05) is 4.98 Å². The predicted octanol–water partition coefficient (Wildman–Crippen LogP) is -3.62. The molecule has 10 nitrogen and oxygen atoms in total. The van der Waals surface area contributed by atoms with Gasteiger partial charge in [-0.15, -0.1) is 0 Å². The molecular formula is C11H16N2O8. The zero-order valence-electron chi connectivity index (χ0n) is 10.8. The number of H-pyrrole nitrogens is 2. The molecular weight excluding hydrogens is 288 g/mol. The summed E-state index contributed by atoms with van der Waals surface area (Å²) in [5, 5.41) is 37.9. The van der Waals surface area contributed by atoms with Crippen LogP contribution in [0.15, 0.2) is 15.8 Å². The lowest BCUT2D eigenvalue weighted by Crippen LogP contribution is -2.59. The third-order valence-electron chi connectivity index (χ3n) is 3.15. The second kappa shape index (κ2) is 6.47. The van der Waals surface area contributed by atoms with Crippen LogP contribution in [-0.2, 0) is 16.1 Å². The van der Waals surface area contributed by atoms with Gasteiger partial charge in [0.2, 0.25) is 0 Å². The van der Waals surface area contributed by atoms with Crippen molar-refractivity contribution < 1.29 is 29.9 Å². The van der Waals surface area contributed by atoms with Gasteiger partial charge in [0.25, 0.3) is 5.56 Å². The second-order valence-corrected chi connectivity index (χ2v) is 4.61. The van der Waals surface area contributed by atoms with E-state index < -0.39 is 48.6 Å².